The number of anilines is 1. The molecule has 0 atom stereocenters. The number of halogens is 1. The highest BCUT2D eigenvalue weighted by molar-refractivity contribution is 9.11. The zero-order valence-corrected chi connectivity index (χ0v) is 12.0. The Balaban J connectivity index is 1.77. The van der Waals surface area contributed by atoms with E-state index in [1.807, 2.05) is 12.1 Å². The van der Waals surface area contributed by atoms with Crippen molar-refractivity contribution in [3.8, 4) is 0 Å². The first-order valence-electron chi connectivity index (χ1n) is 5.78. The maximum absolute atomic E-state index is 11.9. The van der Waals surface area contributed by atoms with Gasteiger partial charge in [0, 0.05) is 17.0 Å². The van der Waals surface area contributed by atoms with Crippen LogP contribution in [0.25, 0.3) is 0 Å². The maximum atomic E-state index is 11.9. The average Bonchev–Trinajstić information content (AvgIpc) is 3.05. The summed E-state index contributed by atoms with van der Waals surface area (Å²) < 4.78 is 2.55. The van der Waals surface area contributed by atoms with Gasteiger partial charge >= 0.3 is 0 Å². The molecule has 0 spiro atoms. The zero-order chi connectivity index (χ0) is 12.5. The molecule has 18 heavy (non-hydrogen) atoms. The standard InChI is InChI=1S/C12H12BrN3OS/c13-11-4-3-10(18-11)7-16-12(17)5-9(6-14-16)15-8-1-2-8/h3-6,8,15H,1-2,7H2. The van der Waals surface area contributed by atoms with Gasteiger partial charge < -0.3 is 5.32 Å². The highest BCUT2D eigenvalue weighted by Crippen LogP contribution is 2.24. The fraction of sp³-hybridized carbons (Fsp3) is 0.333. The summed E-state index contributed by atoms with van der Waals surface area (Å²) in [4.78, 5) is 13.0. The van der Waals surface area contributed by atoms with E-state index in [4.69, 9.17) is 0 Å². The first kappa shape index (κ1) is 11.9. The van der Waals surface area contributed by atoms with Crippen molar-refractivity contribution in [3.63, 3.8) is 0 Å². The second kappa shape index (κ2) is 4.85. The quantitative estimate of drug-likeness (QED) is 0.940. The third-order valence-electron chi connectivity index (χ3n) is 2.75. The summed E-state index contributed by atoms with van der Waals surface area (Å²) in [5.41, 5.74) is 0.760. The molecule has 2 aromatic heterocycles. The van der Waals surface area contributed by atoms with Crippen LogP contribution in [-0.2, 0) is 6.54 Å². The molecule has 1 fully saturated rings. The van der Waals surface area contributed by atoms with Crippen LogP contribution in [0, 0.1) is 0 Å². The number of nitrogens with zero attached hydrogens (tertiary/aromatic N) is 2. The summed E-state index contributed by atoms with van der Waals surface area (Å²) >= 11 is 5.03. The van der Waals surface area contributed by atoms with E-state index in [-0.39, 0.29) is 5.56 Å². The second-order valence-electron chi connectivity index (χ2n) is 4.36. The molecule has 0 bridgehead atoms. The summed E-state index contributed by atoms with van der Waals surface area (Å²) in [7, 11) is 0. The predicted molar refractivity (Wildman–Crippen MR) is 76.3 cm³/mol. The molecule has 0 amide bonds. The SMILES string of the molecule is O=c1cc(NC2CC2)cnn1Cc1ccc(Br)s1. The highest BCUT2D eigenvalue weighted by atomic mass is 79.9. The minimum absolute atomic E-state index is 0.0647. The van der Waals surface area contributed by atoms with Crippen molar-refractivity contribution in [2.45, 2.75) is 25.4 Å². The van der Waals surface area contributed by atoms with Crippen molar-refractivity contribution in [2.75, 3.05) is 5.32 Å². The molecule has 0 aromatic carbocycles. The lowest BCUT2D eigenvalue weighted by Gasteiger charge is -2.06. The molecule has 4 nitrogen and oxygen atoms in total. The fourth-order valence-electron chi connectivity index (χ4n) is 1.68. The van der Waals surface area contributed by atoms with Gasteiger partial charge in [-0.1, -0.05) is 0 Å². The van der Waals surface area contributed by atoms with Gasteiger partial charge in [-0.3, -0.25) is 4.79 Å². The Kier molecular flexibility index (Phi) is 3.22. The predicted octanol–water partition coefficient (Wildman–Crippen LogP) is 2.69. The van der Waals surface area contributed by atoms with Crippen molar-refractivity contribution >= 4 is 33.0 Å². The summed E-state index contributed by atoms with van der Waals surface area (Å²) in [6.07, 6.45) is 4.10. The van der Waals surface area contributed by atoms with Gasteiger partial charge in [0.05, 0.1) is 22.2 Å². The Morgan fingerprint density at radius 3 is 2.94 bits per heavy atom. The van der Waals surface area contributed by atoms with Crippen LogP contribution in [0.1, 0.15) is 17.7 Å². The van der Waals surface area contributed by atoms with Crippen LogP contribution < -0.4 is 10.9 Å². The first-order valence-corrected chi connectivity index (χ1v) is 7.39. The summed E-state index contributed by atoms with van der Waals surface area (Å²) in [6.45, 7) is 0.527. The number of hydrogen-bond acceptors (Lipinski definition) is 4. The topological polar surface area (TPSA) is 46.9 Å². The molecule has 0 radical (unpaired) electrons. The molecule has 1 N–H and O–H groups in total. The van der Waals surface area contributed by atoms with Crippen molar-refractivity contribution in [1.29, 1.82) is 0 Å². The highest BCUT2D eigenvalue weighted by Gasteiger charge is 2.21. The molecule has 1 aliphatic carbocycles. The van der Waals surface area contributed by atoms with Gasteiger partial charge in [-0.25, -0.2) is 4.68 Å². The van der Waals surface area contributed by atoms with Crippen molar-refractivity contribution < 1.29 is 0 Å². The number of hydrogen-bond donors (Lipinski definition) is 1. The van der Waals surface area contributed by atoms with E-state index >= 15 is 0 Å². The molecular weight excluding hydrogens is 314 g/mol. The van der Waals surface area contributed by atoms with E-state index in [9.17, 15) is 4.79 Å². The Morgan fingerprint density at radius 2 is 2.33 bits per heavy atom. The molecule has 0 unspecified atom stereocenters. The largest absolute Gasteiger partial charge is 0.381 e. The minimum atomic E-state index is -0.0647. The van der Waals surface area contributed by atoms with Crippen LogP contribution in [0.2, 0.25) is 0 Å². The lowest BCUT2D eigenvalue weighted by Crippen LogP contribution is -2.23. The average molecular weight is 326 g/mol. The first-order chi connectivity index (χ1) is 8.70. The van der Waals surface area contributed by atoms with E-state index in [0.717, 1.165) is 14.4 Å². The molecule has 2 heterocycles. The number of nitrogens with one attached hydrogen (secondary N) is 1. The maximum Gasteiger partial charge on any atom is 0.269 e. The second-order valence-corrected chi connectivity index (χ2v) is 6.91. The van der Waals surface area contributed by atoms with E-state index in [2.05, 4.69) is 26.3 Å². The van der Waals surface area contributed by atoms with Crippen LogP contribution in [0.5, 0.6) is 0 Å². The molecular formula is C12H12BrN3OS. The lowest BCUT2D eigenvalue weighted by molar-refractivity contribution is 0.646. The Hall–Kier alpha value is -1.14. The molecule has 6 heteroatoms. The van der Waals surface area contributed by atoms with Crippen LogP contribution in [0.4, 0.5) is 5.69 Å². The van der Waals surface area contributed by atoms with Gasteiger partial charge in [-0.2, -0.15) is 5.10 Å². The zero-order valence-electron chi connectivity index (χ0n) is 9.60. The van der Waals surface area contributed by atoms with Gasteiger partial charge in [-0.15, -0.1) is 11.3 Å². The minimum Gasteiger partial charge on any atom is -0.381 e. The van der Waals surface area contributed by atoms with Gasteiger partial charge in [0.2, 0.25) is 0 Å². The Labute approximate surface area is 117 Å². The lowest BCUT2D eigenvalue weighted by atomic mass is 10.4. The molecule has 0 aliphatic heterocycles. The van der Waals surface area contributed by atoms with Gasteiger partial charge in [0.25, 0.3) is 5.56 Å². The van der Waals surface area contributed by atoms with Crippen LogP contribution in [0.15, 0.2) is 33.0 Å². The van der Waals surface area contributed by atoms with Crippen LogP contribution in [0.3, 0.4) is 0 Å². The Morgan fingerprint density at radius 1 is 1.50 bits per heavy atom. The van der Waals surface area contributed by atoms with Gasteiger partial charge in [0.1, 0.15) is 0 Å². The van der Waals surface area contributed by atoms with E-state index < -0.39 is 0 Å². The normalized spacial score (nSPS) is 14.7. The monoisotopic (exact) mass is 325 g/mol. The Bertz CT molecular complexity index is 618. The smallest absolute Gasteiger partial charge is 0.269 e. The molecule has 0 saturated heterocycles. The molecule has 94 valence electrons. The summed E-state index contributed by atoms with van der Waals surface area (Å²) in [5.74, 6) is 0. The van der Waals surface area contributed by atoms with Gasteiger partial charge in [0.15, 0.2) is 0 Å². The number of aromatic nitrogens is 2. The number of thiophene rings is 1. The van der Waals surface area contributed by atoms with E-state index in [0.29, 0.717) is 12.6 Å². The molecule has 1 aliphatic rings. The summed E-state index contributed by atoms with van der Waals surface area (Å²) in [5, 5.41) is 7.47. The van der Waals surface area contributed by atoms with E-state index in [1.165, 1.54) is 17.5 Å². The van der Waals surface area contributed by atoms with Crippen LogP contribution in [-0.4, -0.2) is 15.8 Å². The van der Waals surface area contributed by atoms with Crippen molar-refractivity contribution in [1.82, 2.24) is 9.78 Å². The molecule has 1 saturated carbocycles. The third-order valence-corrected chi connectivity index (χ3v) is 4.36. The summed E-state index contributed by atoms with van der Waals surface area (Å²) in [6, 6.07) is 6.14. The molecule has 3 rings (SSSR count). The van der Waals surface area contributed by atoms with Crippen molar-refractivity contribution in [3.05, 3.63) is 43.4 Å². The van der Waals surface area contributed by atoms with Gasteiger partial charge in [-0.05, 0) is 40.9 Å². The third kappa shape index (κ3) is 2.81. The molecule has 2 aromatic rings. The number of rotatable bonds is 4. The van der Waals surface area contributed by atoms with E-state index in [1.54, 1.807) is 23.6 Å². The van der Waals surface area contributed by atoms with Crippen LogP contribution >= 0.6 is 27.3 Å². The van der Waals surface area contributed by atoms with Crippen molar-refractivity contribution in [2.24, 2.45) is 0 Å². The fourth-order valence-corrected chi connectivity index (χ4v) is 3.14.